The Hall–Kier alpha value is -2.48. The van der Waals surface area contributed by atoms with Gasteiger partial charge in [-0.25, -0.2) is 8.42 Å². The van der Waals surface area contributed by atoms with E-state index in [4.69, 9.17) is 4.74 Å². The number of nitrogens with one attached hydrogen (secondary N) is 1. The van der Waals surface area contributed by atoms with Crippen LogP contribution in [0.1, 0.15) is 6.92 Å². The molecule has 3 aromatic rings. The van der Waals surface area contributed by atoms with E-state index < -0.39 is 10.0 Å². The topological polar surface area (TPSA) is 71.5 Å². The minimum Gasteiger partial charge on any atom is -0.494 e. The molecular weight excluding hydrogens is 374 g/mol. The molecule has 1 aliphatic rings. The number of hydrogen-bond donors (Lipinski definition) is 1. The van der Waals surface area contributed by atoms with Gasteiger partial charge < -0.3 is 10.1 Å². The molecule has 0 unspecified atom stereocenters. The third-order valence-corrected chi connectivity index (χ3v) is 6.97. The van der Waals surface area contributed by atoms with Crippen molar-refractivity contribution in [3.05, 3.63) is 54.7 Å². The number of piperazine rings is 1. The molecule has 0 radical (unpaired) electrons. The molecule has 146 valence electrons. The summed E-state index contributed by atoms with van der Waals surface area (Å²) in [6, 6.07) is 15.0. The SMILES string of the molecule is COc1ccc(-c2ccc(S(=O)(=O)N3CCN[C@H](C)C3)cc2)c2cccnc12. The van der Waals surface area contributed by atoms with E-state index in [0.29, 0.717) is 30.3 Å². The number of rotatable bonds is 4. The van der Waals surface area contributed by atoms with E-state index in [9.17, 15) is 8.42 Å². The summed E-state index contributed by atoms with van der Waals surface area (Å²) in [5.41, 5.74) is 2.71. The van der Waals surface area contributed by atoms with Crippen LogP contribution >= 0.6 is 0 Å². The van der Waals surface area contributed by atoms with E-state index in [-0.39, 0.29) is 6.04 Å². The van der Waals surface area contributed by atoms with Crippen LogP contribution in [-0.2, 0) is 10.0 Å². The van der Waals surface area contributed by atoms with Gasteiger partial charge in [-0.05, 0) is 48.4 Å². The van der Waals surface area contributed by atoms with E-state index in [1.807, 2.05) is 43.3 Å². The molecule has 2 aromatic carbocycles. The highest BCUT2D eigenvalue weighted by molar-refractivity contribution is 7.89. The first-order chi connectivity index (χ1) is 13.5. The second-order valence-electron chi connectivity index (χ2n) is 6.96. The molecule has 0 aliphatic carbocycles. The van der Waals surface area contributed by atoms with Crippen molar-refractivity contribution in [2.24, 2.45) is 0 Å². The third kappa shape index (κ3) is 3.37. The minimum absolute atomic E-state index is 0.154. The zero-order valence-corrected chi connectivity index (χ0v) is 16.7. The summed E-state index contributed by atoms with van der Waals surface area (Å²) >= 11 is 0. The van der Waals surface area contributed by atoms with Gasteiger partial charge in [0, 0.05) is 37.3 Å². The fourth-order valence-corrected chi connectivity index (χ4v) is 5.16. The van der Waals surface area contributed by atoms with Gasteiger partial charge in [0.05, 0.1) is 12.0 Å². The summed E-state index contributed by atoms with van der Waals surface area (Å²) in [5.74, 6) is 0.714. The molecule has 28 heavy (non-hydrogen) atoms. The molecule has 1 N–H and O–H groups in total. The second-order valence-corrected chi connectivity index (χ2v) is 8.90. The fraction of sp³-hybridized carbons (Fsp3) is 0.286. The van der Waals surface area contributed by atoms with Crippen LogP contribution in [0.2, 0.25) is 0 Å². The number of pyridine rings is 1. The molecule has 1 saturated heterocycles. The summed E-state index contributed by atoms with van der Waals surface area (Å²) in [6.07, 6.45) is 1.73. The molecule has 4 rings (SSSR count). The molecule has 0 bridgehead atoms. The van der Waals surface area contributed by atoms with Crippen molar-refractivity contribution in [3.63, 3.8) is 0 Å². The molecule has 0 spiro atoms. The number of sulfonamides is 1. The molecule has 2 heterocycles. The van der Waals surface area contributed by atoms with E-state index in [1.165, 1.54) is 0 Å². The predicted octanol–water partition coefficient (Wildman–Crippen LogP) is 2.89. The summed E-state index contributed by atoms with van der Waals surface area (Å²) in [6.45, 7) is 3.64. The van der Waals surface area contributed by atoms with E-state index in [1.54, 1.807) is 29.7 Å². The third-order valence-electron chi connectivity index (χ3n) is 5.09. The summed E-state index contributed by atoms with van der Waals surface area (Å²) in [4.78, 5) is 4.75. The van der Waals surface area contributed by atoms with Crippen molar-refractivity contribution in [1.82, 2.24) is 14.6 Å². The van der Waals surface area contributed by atoms with Crippen molar-refractivity contribution in [1.29, 1.82) is 0 Å². The Balaban J connectivity index is 1.70. The van der Waals surface area contributed by atoms with Crippen molar-refractivity contribution in [2.75, 3.05) is 26.7 Å². The molecule has 1 atom stereocenters. The average molecular weight is 398 g/mol. The largest absolute Gasteiger partial charge is 0.494 e. The lowest BCUT2D eigenvalue weighted by atomic mass is 10.0. The van der Waals surface area contributed by atoms with Crippen LogP contribution in [0.5, 0.6) is 5.75 Å². The number of hydrogen-bond acceptors (Lipinski definition) is 5. The highest BCUT2D eigenvalue weighted by atomic mass is 32.2. The fourth-order valence-electron chi connectivity index (χ4n) is 3.63. The van der Waals surface area contributed by atoms with Crippen LogP contribution in [-0.4, -0.2) is 50.5 Å². The van der Waals surface area contributed by atoms with Crippen LogP contribution in [0.25, 0.3) is 22.0 Å². The number of aromatic nitrogens is 1. The van der Waals surface area contributed by atoms with Gasteiger partial charge in [-0.1, -0.05) is 18.2 Å². The maximum Gasteiger partial charge on any atom is 0.243 e. The van der Waals surface area contributed by atoms with Crippen LogP contribution in [0.15, 0.2) is 59.6 Å². The van der Waals surface area contributed by atoms with Gasteiger partial charge in [0.2, 0.25) is 10.0 Å². The van der Waals surface area contributed by atoms with Gasteiger partial charge in [0.25, 0.3) is 0 Å². The lowest BCUT2D eigenvalue weighted by Gasteiger charge is -2.31. The summed E-state index contributed by atoms with van der Waals surface area (Å²) < 4.78 is 32.9. The van der Waals surface area contributed by atoms with Crippen LogP contribution in [0.3, 0.4) is 0 Å². The highest BCUT2D eigenvalue weighted by Gasteiger charge is 2.28. The average Bonchev–Trinajstić information content (AvgIpc) is 2.73. The van der Waals surface area contributed by atoms with Crippen molar-refractivity contribution < 1.29 is 13.2 Å². The number of nitrogens with zero attached hydrogens (tertiary/aromatic N) is 2. The number of methoxy groups -OCH3 is 1. The Labute approximate surface area is 165 Å². The number of fused-ring (bicyclic) bond motifs is 1. The van der Waals surface area contributed by atoms with Crippen molar-refractivity contribution in [2.45, 2.75) is 17.9 Å². The van der Waals surface area contributed by atoms with Gasteiger partial charge >= 0.3 is 0 Å². The Morgan fingerprint density at radius 1 is 1.14 bits per heavy atom. The highest BCUT2D eigenvalue weighted by Crippen LogP contribution is 2.33. The van der Waals surface area contributed by atoms with Gasteiger partial charge in [-0.2, -0.15) is 4.31 Å². The monoisotopic (exact) mass is 397 g/mol. The number of benzene rings is 2. The Morgan fingerprint density at radius 3 is 2.64 bits per heavy atom. The summed E-state index contributed by atoms with van der Waals surface area (Å²) in [7, 11) is -1.86. The standard InChI is InChI=1S/C21H23N3O3S/c1-15-14-24(13-12-22-15)28(25,26)17-7-5-16(6-8-17)18-9-10-20(27-2)21-19(18)4-3-11-23-21/h3-11,15,22H,12-14H2,1-2H3/t15-/m1/s1. The van der Waals surface area contributed by atoms with E-state index in [2.05, 4.69) is 10.3 Å². The molecule has 1 aromatic heterocycles. The first-order valence-corrected chi connectivity index (χ1v) is 10.7. The minimum atomic E-state index is -3.49. The van der Waals surface area contributed by atoms with Crippen LogP contribution in [0.4, 0.5) is 0 Å². The van der Waals surface area contributed by atoms with E-state index >= 15 is 0 Å². The molecular formula is C21H23N3O3S. The molecule has 6 nitrogen and oxygen atoms in total. The molecule has 1 fully saturated rings. The van der Waals surface area contributed by atoms with Gasteiger partial charge in [0.15, 0.2) is 0 Å². The first kappa shape index (κ1) is 18.9. The quantitative estimate of drug-likeness (QED) is 0.733. The Morgan fingerprint density at radius 2 is 1.93 bits per heavy atom. The van der Waals surface area contributed by atoms with Crippen molar-refractivity contribution in [3.8, 4) is 16.9 Å². The smallest absolute Gasteiger partial charge is 0.243 e. The Bertz CT molecular complexity index is 1100. The van der Waals surface area contributed by atoms with Gasteiger partial charge in [-0.3, -0.25) is 4.98 Å². The van der Waals surface area contributed by atoms with Crippen LogP contribution < -0.4 is 10.1 Å². The maximum atomic E-state index is 12.9. The first-order valence-electron chi connectivity index (χ1n) is 9.26. The van der Waals surface area contributed by atoms with Crippen LogP contribution in [0, 0.1) is 0 Å². The van der Waals surface area contributed by atoms with Gasteiger partial charge in [-0.15, -0.1) is 0 Å². The molecule has 1 aliphatic heterocycles. The number of ether oxygens (including phenoxy) is 1. The molecule has 7 heteroatoms. The maximum absolute atomic E-state index is 12.9. The molecule has 0 saturated carbocycles. The normalized spacial score (nSPS) is 18.3. The second kappa shape index (κ2) is 7.50. The Kier molecular flexibility index (Phi) is 5.05. The van der Waals surface area contributed by atoms with E-state index in [0.717, 1.165) is 22.0 Å². The zero-order valence-electron chi connectivity index (χ0n) is 15.9. The van der Waals surface area contributed by atoms with Crippen molar-refractivity contribution >= 4 is 20.9 Å². The predicted molar refractivity (Wildman–Crippen MR) is 110 cm³/mol. The summed E-state index contributed by atoms with van der Waals surface area (Å²) in [5, 5.41) is 4.24. The lowest BCUT2D eigenvalue weighted by molar-refractivity contribution is 0.310. The molecule has 0 amide bonds. The lowest BCUT2D eigenvalue weighted by Crippen LogP contribution is -2.51. The zero-order chi connectivity index (χ0) is 19.7. The van der Waals surface area contributed by atoms with Gasteiger partial charge in [0.1, 0.15) is 11.3 Å².